The first kappa shape index (κ1) is 15.0. The molecule has 3 nitrogen and oxygen atoms in total. The molecule has 0 spiro atoms. The lowest BCUT2D eigenvalue weighted by molar-refractivity contribution is -0.136. The minimum absolute atomic E-state index is 0.00138. The van der Waals surface area contributed by atoms with Crippen LogP contribution in [0.15, 0.2) is 18.2 Å². The number of carboxylic acid groups (broad SMARTS) is 1. The van der Waals surface area contributed by atoms with Gasteiger partial charge in [0.2, 0.25) is 0 Å². The molecule has 0 amide bonds. The predicted octanol–water partition coefficient (Wildman–Crippen LogP) is 4.52. The zero-order valence-electron chi connectivity index (χ0n) is 11.6. The van der Waals surface area contributed by atoms with Crippen LogP contribution in [-0.4, -0.2) is 16.1 Å². The second-order valence-electron chi connectivity index (χ2n) is 5.01. The molecule has 2 rings (SSSR count). The van der Waals surface area contributed by atoms with E-state index in [0.29, 0.717) is 5.02 Å². The third-order valence-corrected chi connectivity index (χ3v) is 4.73. The topological polar surface area (TPSA) is 50.2 Å². The minimum atomic E-state index is -0.837. The number of aliphatic carboxylic acids is 1. The Morgan fingerprint density at radius 1 is 1.45 bits per heavy atom. The third-order valence-electron chi connectivity index (χ3n) is 2.95. The first-order valence-electron chi connectivity index (χ1n) is 6.36. The largest absolute Gasteiger partial charge is 0.481 e. The Morgan fingerprint density at radius 2 is 2.15 bits per heavy atom. The Bertz CT molecular complexity index is 649. The fourth-order valence-electron chi connectivity index (χ4n) is 1.89. The van der Waals surface area contributed by atoms with Crippen LogP contribution in [0, 0.1) is 6.92 Å². The van der Waals surface area contributed by atoms with Crippen molar-refractivity contribution >= 4 is 28.9 Å². The molecule has 2 aromatic rings. The van der Waals surface area contributed by atoms with Crippen LogP contribution in [-0.2, 0) is 11.2 Å². The van der Waals surface area contributed by atoms with Gasteiger partial charge in [-0.1, -0.05) is 31.5 Å². The van der Waals surface area contributed by atoms with E-state index in [1.807, 2.05) is 25.1 Å². The maximum absolute atomic E-state index is 11.0. The normalized spacial score (nSPS) is 11.1. The summed E-state index contributed by atoms with van der Waals surface area (Å²) in [5.74, 6) is -0.550. The maximum atomic E-state index is 11.0. The molecule has 0 aliphatic rings. The van der Waals surface area contributed by atoms with Crippen molar-refractivity contribution in [3.63, 3.8) is 0 Å². The van der Waals surface area contributed by atoms with Crippen LogP contribution >= 0.6 is 22.9 Å². The van der Waals surface area contributed by atoms with E-state index < -0.39 is 5.97 Å². The van der Waals surface area contributed by atoms with Crippen molar-refractivity contribution in [2.24, 2.45) is 0 Å². The Morgan fingerprint density at radius 3 is 2.70 bits per heavy atom. The van der Waals surface area contributed by atoms with Crippen molar-refractivity contribution in [3.05, 3.63) is 38.7 Å². The molecule has 0 fully saturated rings. The van der Waals surface area contributed by atoms with Gasteiger partial charge in [0.25, 0.3) is 0 Å². The van der Waals surface area contributed by atoms with Crippen LogP contribution in [0.2, 0.25) is 5.02 Å². The average Bonchev–Trinajstić information content (AvgIpc) is 2.76. The number of hydrogen-bond donors (Lipinski definition) is 1. The SMILES string of the molecule is Cc1cc(-c2nc(C(C)C)sc2CC(=O)O)ccc1Cl. The fraction of sp³-hybridized carbons (Fsp3) is 0.333. The van der Waals surface area contributed by atoms with Crippen LogP contribution in [0.3, 0.4) is 0 Å². The maximum Gasteiger partial charge on any atom is 0.308 e. The Labute approximate surface area is 127 Å². The molecule has 0 aliphatic heterocycles. The van der Waals surface area contributed by atoms with Crippen molar-refractivity contribution in [1.82, 2.24) is 4.98 Å². The van der Waals surface area contributed by atoms with Gasteiger partial charge in [0.15, 0.2) is 0 Å². The number of benzene rings is 1. The van der Waals surface area contributed by atoms with Crippen molar-refractivity contribution in [3.8, 4) is 11.3 Å². The molecule has 1 aromatic carbocycles. The standard InChI is InChI=1S/C15H16ClNO2S/c1-8(2)15-17-14(12(20-15)7-13(18)19)10-4-5-11(16)9(3)6-10/h4-6,8H,7H2,1-3H3,(H,18,19). The van der Waals surface area contributed by atoms with Gasteiger partial charge in [-0.15, -0.1) is 11.3 Å². The quantitative estimate of drug-likeness (QED) is 0.903. The van der Waals surface area contributed by atoms with Crippen molar-refractivity contribution in [2.45, 2.75) is 33.1 Å². The van der Waals surface area contributed by atoms with Crippen LogP contribution in [0.4, 0.5) is 0 Å². The van der Waals surface area contributed by atoms with Crippen LogP contribution < -0.4 is 0 Å². The summed E-state index contributed by atoms with van der Waals surface area (Å²) in [6.45, 7) is 6.04. The molecular weight excluding hydrogens is 294 g/mol. The lowest BCUT2D eigenvalue weighted by Crippen LogP contribution is -1.99. The molecule has 0 unspecified atom stereocenters. The van der Waals surface area contributed by atoms with Gasteiger partial charge >= 0.3 is 5.97 Å². The van der Waals surface area contributed by atoms with E-state index in [9.17, 15) is 4.79 Å². The van der Waals surface area contributed by atoms with Crippen LogP contribution in [0.5, 0.6) is 0 Å². The molecular formula is C15H16ClNO2S. The summed E-state index contributed by atoms with van der Waals surface area (Å²) >= 11 is 7.51. The molecule has 0 aliphatic carbocycles. The Hall–Kier alpha value is -1.39. The highest BCUT2D eigenvalue weighted by Gasteiger charge is 2.17. The molecule has 1 aromatic heterocycles. The smallest absolute Gasteiger partial charge is 0.308 e. The number of aromatic nitrogens is 1. The van der Waals surface area contributed by atoms with Crippen molar-refractivity contribution in [2.75, 3.05) is 0 Å². The molecule has 1 heterocycles. The predicted molar refractivity (Wildman–Crippen MR) is 82.7 cm³/mol. The second-order valence-corrected chi connectivity index (χ2v) is 6.54. The van der Waals surface area contributed by atoms with Gasteiger partial charge in [-0.25, -0.2) is 4.98 Å². The summed E-state index contributed by atoms with van der Waals surface area (Å²) < 4.78 is 0. The summed E-state index contributed by atoms with van der Waals surface area (Å²) in [5.41, 5.74) is 2.65. The molecule has 0 radical (unpaired) electrons. The van der Waals surface area contributed by atoms with E-state index in [1.165, 1.54) is 11.3 Å². The van der Waals surface area contributed by atoms with Crippen molar-refractivity contribution in [1.29, 1.82) is 0 Å². The number of nitrogens with zero attached hydrogens (tertiary/aromatic N) is 1. The average molecular weight is 310 g/mol. The highest BCUT2D eigenvalue weighted by atomic mass is 35.5. The van der Waals surface area contributed by atoms with E-state index in [1.54, 1.807) is 0 Å². The Kier molecular flexibility index (Phi) is 4.45. The summed E-state index contributed by atoms with van der Waals surface area (Å²) in [4.78, 5) is 16.4. The highest BCUT2D eigenvalue weighted by molar-refractivity contribution is 7.12. The van der Waals surface area contributed by atoms with E-state index in [-0.39, 0.29) is 12.3 Å². The molecule has 106 valence electrons. The summed E-state index contributed by atoms with van der Waals surface area (Å²) in [7, 11) is 0. The molecule has 0 saturated carbocycles. The third kappa shape index (κ3) is 3.19. The molecule has 0 atom stereocenters. The molecule has 20 heavy (non-hydrogen) atoms. The van der Waals surface area contributed by atoms with Crippen LogP contribution in [0.25, 0.3) is 11.3 Å². The highest BCUT2D eigenvalue weighted by Crippen LogP contribution is 2.33. The molecule has 5 heteroatoms. The lowest BCUT2D eigenvalue weighted by atomic mass is 10.1. The molecule has 0 bridgehead atoms. The zero-order chi connectivity index (χ0) is 14.9. The Balaban J connectivity index is 2.52. The summed E-state index contributed by atoms with van der Waals surface area (Å²) in [6.07, 6.45) is 0.00138. The zero-order valence-corrected chi connectivity index (χ0v) is 13.2. The van der Waals surface area contributed by atoms with Gasteiger partial charge in [0.05, 0.1) is 17.1 Å². The van der Waals surface area contributed by atoms with Gasteiger partial charge < -0.3 is 5.11 Å². The number of halogens is 1. The summed E-state index contributed by atoms with van der Waals surface area (Å²) in [5, 5.41) is 10.7. The lowest BCUT2D eigenvalue weighted by Gasteiger charge is -2.03. The monoisotopic (exact) mass is 309 g/mol. The van der Waals surface area contributed by atoms with Gasteiger partial charge in [-0.2, -0.15) is 0 Å². The number of aryl methyl sites for hydroxylation is 1. The van der Waals surface area contributed by atoms with E-state index >= 15 is 0 Å². The number of rotatable bonds is 4. The minimum Gasteiger partial charge on any atom is -0.481 e. The van der Waals surface area contributed by atoms with E-state index in [4.69, 9.17) is 16.7 Å². The van der Waals surface area contributed by atoms with Gasteiger partial charge in [-0.3, -0.25) is 4.79 Å². The van der Waals surface area contributed by atoms with Crippen LogP contribution in [0.1, 0.15) is 35.2 Å². The van der Waals surface area contributed by atoms with Crippen molar-refractivity contribution < 1.29 is 9.90 Å². The summed E-state index contributed by atoms with van der Waals surface area (Å²) in [6, 6.07) is 5.66. The molecule has 0 saturated heterocycles. The first-order valence-corrected chi connectivity index (χ1v) is 7.56. The number of carboxylic acids is 1. The number of thiazole rings is 1. The van der Waals surface area contributed by atoms with Gasteiger partial charge in [-0.05, 0) is 24.6 Å². The number of carbonyl (C=O) groups is 1. The van der Waals surface area contributed by atoms with E-state index in [2.05, 4.69) is 18.8 Å². The van der Waals surface area contributed by atoms with E-state index in [0.717, 1.165) is 26.7 Å². The first-order chi connectivity index (χ1) is 9.38. The number of hydrogen-bond acceptors (Lipinski definition) is 3. The molecule has 1 N–H and O–H groups in total. The second kappa shape index (κ2) is 5.94. The fourth-order valence-corrected chi connectivity index (χ4v) is 3.09. The van der Waals surface area contributed by atoms with Gasteiger partial charge in [0.1, 0.15) is 0 Å². The van der Waals surface area contributed by atoms with Gasteiger partial charge in [0, 0.05) is 21.4 Å².